The van der Waals surface area contributed by atoms with Gasteiger partial charge in [0.05, 0.1) is 13.2 Å². The van der Waals surface area contributed by atoms with E-state index in [0.29, 0.717) is 19.1 Å². The van der Waals surface area contributed by atoms with Crippen molar-refractivity contribution in [2.75, 3.05) is 33.4 Å². The summed E-state index contributed by atoms with van der Waals surface area (Å²) in [5.74, 6) is 6.02. The van der Waals surface area contributed by atoms with Crippen LogP contribution in [0.15, 0.2) is 4.99 Å². The van der Waals surface area contributed by atoms with Gasteiger partial charge in [-0.05, 0) is 6.42 Å². The Labute approximate surface area is 103 Å². The van der Waals surface area contributed by atoms with E-state index in [2.05, 4.69) is 22.7 Å². The summed E-state index contributed by atoms with van der Waals surface area (Å²) in [6.07, 6.45) is 3.11. The number of nitrogens with zero attached hydrogens (tertiary/aromatic N) is 1. The summed E-state index contributed by atoms with van der Waals surface area (Å²) in [5.41, 5.74) is 2.29. The molecule has 0 saturated carbocycles. The molecule has 1 unspecified atom stereocenters. The number of nitrogens with two attached hydrogens (primary N) is 1. The van der Waals surface area contributed by atoms with E-state index in [1.165, 1.54) is 0 Å². The molecule has 100 valence electrons. The highest BCUT2D eigenvalue weighted by molar-refractivity contribution is 5.79. The zero-order chi connectivity index (χ0) is 12.6. The van der Waals surface area contributed by atoms with Crippen LogP contribution >= 0.6 is 0 Å². The van der Waals surface area contributed by atoms with Crippen LogP contribution in [0.1, 0.15) is 26.2 Å². The number of rotatable bonds is 6. The molecule has 0 aromatic carbocycles. The summed E-state index contributed by atoms with van der Waals surface area (Å²) in [6.45, 7) is 4.90. The lowest BCUT2D eigenvalue weighted by Crippen LogP contribution is -2.44. The molecule has 0 aromatic heterocycles. The fourth-order valence-electron chi connectivity index (χ4n) is 1.70. The summed E-state index contributed by atoms with van der Waals surface area (Å²) in [6, 6.07) is 0. The van der Waals surface area contributed by atoms with Gasteiger partial charge in [-0.1, -0.05) is 13.3 Å². The number of hydrogen-bond donors (Lipinski definition) is 3. The quantitative estimate of drug-likeness (QED) is 0.201. The van der Waals surface area contributed by atoms with Gasteiger partial charge < -0.3 is 14.8 Å². The van der Waals surface area contributed by atoms with Gasteiger partial charge in [-0.25, -0.2) is 10.8 Å². The van der Waals surface area contributed by atoms with Gasteiger partial charge in [0.15, 0.2) is 0 Å². The van der Waals surface area contributed by atoms with Crippen molar-refractivity contribution in [3.63, 3.8) is 0 Å². The third-order valence-electron chi connectivity index (χ3n) is 2.98. The van der Waals surface area contributed by atoms with Crippen LogP contribution in [-0.2, 0) is 9.47 Å². The SMILES string of the molecule is CCCCNC(=NCC1(OC)CCOC1)NN. The molecule has 1 fully saturated rings. The number of hydrazine groups is 1. The standard InChI is InChI=1S/C11H24N4O2/c1-3-4-6-13-10(15-12)14-8-11(16-2)5-7-17-9-11/h3-9,12H2,1-2H3,(H2,13,14,15). The lowest BCUT2D eigenvalue weighted by molar-refractivity contribution is -0.00908. The molecule has 0 amide bonds. The number of guanidine groups is 1. The minimum absolute atomic E-state index is 0.283. The van der Waals surface area contributed by atoms with Gasteiger partial charge in [-0.3, -0.25) is 5.43 Å². The van der Waals surface area contributed by atoms with Crippen molar-refractivity contribution >= 4 is 5.96 Å². The van der Waals surface area contributed by atoms with Crippen molar-refractivity contribution in [3.05, 3.63) is 0 Å². The van der Waals surface area contributed by atoms with E-state index in [4.69, 9.17) is 15.3 Å². The van der Waals surface area contributed by atoms with Crippen LogP contribution in [0.3, 0.4) is 0 Å². The molecule has 17 heavy (non-hydrogen) atoms. The third-order valence-corrected chi connectivity index (χ3v) is 2.98. The zero-order valence-corrected chi connectivity index (χ0v) is 10.8. The minimum atomic E-state index is -0.283. The smallest absolute Gasteiger partial charge is 0.205 e. The highest BCUT2D eigenvalue weighted by atomic mass is 16.5. The average molecular weight is 244 g/mol. The summed E-state index contributed by atoms with van der Waals surface area (Å²) in [4.78, 5) is 4.40. The first-order chi connectivity index (χ1) is 8.26. The topological polar surface area (TPSA) is 80.9 Å². The van der Waals surface area contributed by atoms with Gasteiger partial charge >= 0.3 is 0 Å². The molecule has 6 nitrogen and oxygen atoms in total. The second kappa shape index (κ2) is 7.47. The molecular weight excluding hydrogens is 220 g/mol. The summed E-state index contributed by atoms with van der Waals surface area (Å²) >= 11 is 0. The van der Waals surface area contributed by atoms with Crippen LogP contribution in [0, 0.1) is 0 Å². The fourth-order valence-corrected chi connectivity index (χ4v) is 1.70. The number of nitrogens with one attached hydrogen (secondary N) is 2. The van der Waals surface area contributed by atoms with Crippen molar-refractivity contribution in [3.8, 4) is 0 Å². The minimum Gasteiger partial charge on any atom is -0.378 e. The average Bonchev–Trinajstić information content (AvgIpc) is 2.83. The molecule has 6 heteroatoms. The fraction of sp³-hybridized carbons (Fsp3) is 0.909. The summed E-state index contributed by atoms with van der Waals surface area (Å²) < 4.78 is 10.8. The maximum absolute atomic E-state index is 5.49. The monoisotopic (exact) mass is 244 g/mol. The van der Waals surface area contributed by atoms with Crippen molar-refractivity contribution in [2.45, 2.75) is 31.8 Å². The highest BCUT2D eigenvalue weighted by Gasteiger charge is 2.34. The van der Waals surface area contributed by atoms with Gasteiger partial charge in [0.25, 0.3) is 0 Å². The van der Waals surface area contributed by atoms with Crippen LogP contribution in [0.4, 0.5) is 0 Å². The number of methoxy groups -OCH3 is 1. The molecule has 1 saturated heterocycles. The Morgan fingerprint density at radius 2 is 2.41 bits per heavy atom. The summed E-state index contributed by atoms with van der Waals surface area (Å²) in [5, 5.41) is 3.15. The predicted octanol–water partition coefficient (Wildman–Crippen LogP) is 0.000900. The molecule has 0 aromatic rings. The largest absolute Gasteiger partial charge is 0.378 e. The molecule has 0 radical (unpaired) electrons. The maximum atomic E-state index is 5.49. The van der Waals surface area contributed by atoms with Gasteiger partial charge in [-0.15, -0.1) is 0 Å². The Balaban J connectivity index is 2.42. The molecule has 0 bridgehead atoms. The van der Waals surface area contributed by atoms with Crippen LogP contribution in [0.5, 0.6) is 0 Å². The molecule has 1 atom stereocenters. The van der Waals surface area contributed by atoms with Gasteiger partial charge in [-0.2, -0.15) is 0 Å². The third kappa shape index (κ3) is 4.49. The normalized spacial score (nSPS) is 25.0. The van der Waals surface area contributed by atoms with Gasteiger partial charge in [0.1, 0.15) is 5.60 Å². The van der Waals surface area contributed by atoms with Crippen LogP contribution in [0.25, 0.3) is 0 Å². The molecule has 1 aliphatic rings. The van der Waals surface area contributed by atoms with Crippen LogP contribution in [-0.4, -0.2) is 45.0 Å². The molecule has 1 aliphatic heterocycles. The lowest BCUT2D eigenvalue weighted by Gasteiger charge is -2.23. The lowest BCUT2D eigenvalue weighted by atomic mass is 10.0. The maximum Gasteiger partial charge on any atom is 0.205 e. The molecular formula is C11H24N4O2. The van der Waals surface area contributed by atoms with E-state index >= 15 is 0 Å². The second-order valence-corrected chi connectivity index (χ2v) is 4.28. The van der Waals surface area contributed by atoms with E-state index in [1.807, 2.05) is 0 Å². The van der Waals surface area contributed by atoms with Crippen molar-refractivity contribution in [1.82, 2.24) is 10.7 Å². The Kier molecular flexibility index (Phi) is 6.25. The Bertz CT molecular complexity index is 240. The van der Waals surface area contributed by atoms with E-state index in [9.17, 15) is 0 Å². The highest BCUT2D eigenvalue weighted by Crippen LogP contribution is 2.22. The predicted molar refractivity (Wildman–Crippen MR) is 67.7 cm³/mol. The van der Waals surface area contributed by atoms with Crippen molar-refractivity contribution < 1.29 is 9.47 Å². The first-order valence-corrected chi connectivity index (χ1v) is 6.14. The number of ether oxygens (including phenoxy) is 2. The Hall–Kier alpha value is -0.850. The Morgan fingerprint density at radius 1 is 1.59 bits per heavy atom. The molecule has 0 aliphatic carbocycles. The van der Waals surface area contributed by atoms with Gasteiger partial charge in [0.2, 0.25) is 5.96 Å². The van der Waals surface area contributed by atoms with E-state index in [1.54, 1.807) is 7.11 Å². The Morgan fingerprint density at radius 3 is 2.94 bits per heavy atom. The van der Waals surface area contributed by atoms with Crippen molar-refractivity contribution in [1.29, 1.82) is 0 Å². The molecule has 4 N–H and O–H groups in total. The van der Waals surface area contributed by atoms with E-state index in [0.717, 1.165) is 32.4 Å². The van der Waals surface area contributed by atoms with E-state index < -0.39 is 0 Å². The first-order valence-electron chi connectivity index (χ1n) is 6.14. The van der Waals surface area contributed by atoms with Crippen LogP contribution in [0.2, 0.25) is 0 Å². The molecule has 0 spiro atoms. The van der Waals surface area contributed by atoms with Gasteiger partial charge in [0, 0.05) is 26.7 Å². The van der Waals surface area contributed by atoms with E-state index in [-0.39, 0.29) is 5.60 Å². The van der Waals surface area contributed by atoms with Crippen LogP contribution < -0.4 is 16.6 Å². The number of aliphatic imine (C=N–C) groups is 1. The molecule has 1 rings (SSSR count). The molecule has 1 heterocycles. The summed E-state index contributed by atoms with van der Waals surface area (Å²) in [7, 11) is 1.70. The first kappa shape index (κ1) is 14.2. The van der Waals surface area contributed by atoms with Crippen molar-refractivity contribution in [2.24, 2.45) is 10.8 Å². The zero-order valence-electron chi connectivity index (χ0n) is 10.8. The second-order valence-electron chi connectivity index (χ2n) is 4.28. The number of hydrogen-bond acceptors (Lipinski definition) is 4. The number of unbranched alkanes of at least 4 members (excludes halogenated alkanes) is 1.